The molecule has 2 aromatic heterocycles. The van der Waals surface area contributed by atoms with Crippen molar-refractivity contribution in [2.24, 2.45) is 5.73 Å². The molecule has 3 aromatic rings. The van der Waals surface area contributed by atoms with Crippen molar-refractivity contribution < 1.29 is 0 Å². The molecular weight excluding hydrogens is 240 g/mol. The minimum Gasteiger partial charge on any atom is -0.347 e. The summed E-state index contributed by atoms with van der Waals surface area (Å²) in [6, 6.07) is 12.9. The van der Waals surface area contributed by atoms with E-state index in [0.29, 0.717) is 6.54 Å². The van der Waals surface area contributed by atoms with Crippen molar-refractivity contribution >= 4 is 22.2 Å². The van der Waals surface area contributed by atoms with Gasteiger partial charge in [-0.15, -0.1) is 11.3 Å². The normalized spacial score (nSPS) is 11.2. The predicted octanol–water partition coefficient (Wildman–Crippen LogP) is 3.40. The van der Waals surface area contributed by atoms with Crippen LogP contribution in [0.2, 0.25) is 0 Å². The molecule has 0 spiro atoms. The van der Waals surface area contributed by atoms with E-state index in [0.717, 1.165) is 13.0 Å². The zero-order chi connectivity index (χ0) is 12.4. The monoisotopic (exact) mass is 256 g/mol. The minimum absolute atomic E-state index is 0.603. The number of benzene rings is 1. The summed E-state index contributed by atoms with van der Waals surface area (Å²) in [5.41, 5.74) is 8.18. The Balaban J connectivity index is 1.87. The number of nitrogens with two attached hydrogens (primary N) is 1. The molecule has 0 bridgehead atoms. The Labute approximate surface area is 111 Å². The number of rotatable bonds is 4. The summed E-state index contributed by atoms with van der Waals surface area (Å²) < 4.78 is 2.31. The third-order valence-corrected chi connectivity index (χ3v) is 4.19. The van der Waals surface area contributed by atoms with E-state index >= 15 is 0 Å². The fraction of sp³-hybridized carbons (Fsp3) is 0.200. The highest BCUT2D eigenvalue weighted by Crippen LogP contribution is 2.19. The maximum absolute atomic E-state index is 5.70. The molecule has 0 saturated heterocycles. The Bertz CT molecular complexity index is 638. The van der Waals surface area contributed by atoms with Gasteiger partial charge in [-0.1, -0.05) is 18.2 Å². The lowest BCUT2D eigenvalue weighted by molar-refractivity contribution is 0.729. The van der Waals surface area contributed by atoms with E-state index in [1.807, 2.05) is 11.3 Å². The largest absolute Gasteiger partial charge is 0.347 e. The summed E-state index contributed by atoms with van der Waals surface area (Å²) in [6.45, 7) is 1.63. The molecular formula is C15H16N2S. The van der Waals surface area contributed by atoms with Crippen molar-refractivity contribution in [2.45, 2.75) is 19.5 Å². The zero-order valence-corrected chi connectivity index (χ0v) is 11.0. The average molecular weight is 256 g/mol. The summed E-state index contributed by atoms with van der Waals surface area (Å²) >= 11 is 1.82. The van der Waals surface area contributed by atoms with Crippen LogP contribution in [0.4, 0.5) is 0 Å². The van der Waals surface area contributed by atoms with Gasteiger partial charge in [0.1, 0.15) is 0 Å². The SMILES string of the molecule is NCc1ccc2ccn(CCc3cccs3)c2c1. The van der Waals surface area contributed by atoms with Crippen LogP contribution >= 0.6 is 11.3 Å². The molecule has 3 rings (SSSR count). The molecule has 0 aliphatic heterocycles. The van der Waals surface area contributed by atoms with Gasteiger partial charge in [-0.05, 0) is 40.9 Å². The van der Waals surface area contributed by atoms with Gasteiger partial charge in [0.05, 0.1) is 0 Å². The second-order valence-electron chi connectivity index (χ2n) is 4.44. The smallest absolute Gasteiger partial charge is 0.0483 e. The van der Waals surface area contributed by atoms with E-state index < -0.39 is 0 Å². The van der Waals surface area contributed by atoms with E-state index in [2.05, 4.69) is 52.5 Å². The number of thiophene rings is 1. The van der Waals surface area contributed by atoms with Gasteiger partial charge >= 0.3 is 0 Å². The lowest BCUT2D eigenvalue weighted by Crippen LogP contribution is -2.00. The second kappa shape index (κ2) is 4.96. The Hall–Kier alpha value is -1.58. The van der Waals surface area contributed by atoms with Crippen LogP contribution in [-0.4, -0.2) is 4.57 Å². The van der Waals surface area contributed by atoms with E-state index in [4.69, 9.17) is 5.73 Å². The summed E-state index contributed by atoms with van der Waals surface area (Å²) in [5, 5.41) is 3.42. The molecule has 0 saturated carbocycles. The lowest BCUT2D eigenvalue weighted by atomic mass is 10.1. The molecule has 1 aromatic carbocycles. The first-order valence-corrected chi connectivity index (χ1v) is 7.05. The Morgan fingerprint density at radius 1 is 1.17 bits per heavy atom. The second-order valence-corrected chi connectivity index (χ2v) is 5.47. The van der Waals surface area contributed by atoms with Crippen molar-refractivity contribution in [1.82, 2.24) is 4.57 Å². The molecule has 0 atom stereocenters. The van der Waals surface area contributed by atoms with Gasteiger partial charge in [0.2, 0.25) is 0 Å². The van der Waals surface area contributed by atoms with Gasteiger partial charge in [-0.25, -0.2) is 0 Å². The number of aryl methyl sites for hydroxylation is 2. The van der Waals surface area contributed by atoms with Crippen LogP contribution in [0.3, 0.4) is 0 Å². The van der Waals surface area contributed by atoms with Crippen LogP contribution < -0.4 is 5.73 Å². The van der Waals surface area contributed by atoms with E-state index in [-0.39, 0.29) is 0 Å². The van der Waals surface area contributed by atoms with Gasteiger partial charge in [0.15, 0.2) is 0 Å². The number of hydrogen-bond acceptors (Lipinski definition) is 2. The Morgan fingerprint density at radius 3 is 2.89 bits per heavy atom. The molecule has 0 fully saturated rings. The van der Waals surface area contributed by atoms with E-state index in [1.54, 1.807) is 0 Å². The molecule has 92 valence electrons. The maximum Gasteiger partial charge on any atom is 0.0483 e. The molecule has 2 heterocycles. The first-order chi connectivity index (χ1) is 8.86. The van der Waals surface area contributed by atoms with Crippen molar-refractivity contribution in [3.63, 3.8) is 0 Å². The van der Waals surface area contributed by atoms with Crippen LogP contribution in [0.15, 0.2) is 48.0 Å². The van der Waals surface area contributed by atoms with Crippen LogP contribution in [0.25, 0.3) is 10.9 Å². The molecule has 3 heteroatoms. The zero-order valence-electron chi connectivity index (χ0n) is 10.2. The fourth-order valence-corrected chi connectivity index (χ4v) is 2.94. The van der Waals surface area contributed by atoms with Crippen LogP contribution in [0.5, 0.6) is 0 Å². The van der Waals surface area contributed by atoms with Crippen LogP contribution in [-0.2, 0) is 19.5 Å². The molecule has 0 amide bonds. The third kappa shape index (κ3) is 2.19. The highest BCUT2D eigenvalue weighted by Gasteiger charge is 2.02. The molecule has 0 aliphatic carbocycles. The maximum atomic E-state index is 5.70. The average Bonchev–Trinajstić information content (AvgIpc) is 3.05. The first-order valence-electron chi connectivity index (χ1n) is 6.17. The quantitative estimate of drug-likeness (QED) is 0.762. The minimum atomic E-state index is 0.603. The molecule has 2 nitrogen and oxygen atoms in total. The topological polar surface area (TPSA) is 30.9 Å². The lowest BCUT2D eigenvalue weighted by Gasteiger charge is -2.05. The molecule has 0 aliphatic rings. The fourth-order valence-electron chi connectivity index (χ4n) is 2.24. The number of hydrogen-bond donors (Lipinski definition) is 1. The highest BCUT2D eigenvalue weighted by atomic mass is 32.1. The molecule has 0 unspecified atom stereocenters. The summed E-state index contributed by atoms with van der Waals surface area (Å²) in [6.07, 6.45) is 3.26. The Kier molecular flexibility index (Phi) is 3.17. The van der Waals surface area contributed by atoms with Gasteiger partial charge < -0.3 is 10.3 Å². The van der Waals surface area contributed by atoms with Crippen LogP contribution in [0, 0.1) is 0 Å². The number of nitrogens with zero attached hydrogens (tertiary/aromatic N) is 1. The molecule has 2 N–H and O–H groups in total. The molecule has 0 radical (unpaired) electrons. The summed E-state index contributed by atoms with van der Waals surface area (Å²) in [4.78, 5) is 1.44. The van der Waals surface area contributed by atoms with Crippen LogP contribution in [0.1, 0.15) is 10.4 Å². The molecule has 18 heavy (non-hydrogen) atoms. The van der Waals surface area contributed by atoms with Crippen molar-refractivity contribution in [1.29, 1.82) is 0 Å². The van der Waals surface area contributed by atoms with Crippen molar-refractivity contribution in [3.05, 3.63) is 58.4 Å². The van der Waals surface area contributed by atoms with Crippen molar-refractivity contribution in [2.75, 3.05) is 0 Å². The number of aromatic nitrogens is 1. The van der Waals surface area contributed by atoms with Gasteiger partial charge in [0, 0.05) is 29.7 Å². The van der Waals surface area contributed by atoms with E-state index in [9.17, 15) is 0 Å². The van der Waals surface area contributed by atoms with Gasteiger partial charge in [-0.3, -0.25) is 0 Å². The summed E-state index contributed by atoms with van der Waals surface area (Å²) in [7, 11) is 0. The van der Waals surface area contributed by atoms with Gasteiger partial charge in [-0.2, -0.15) is 0 Å². The first kappa shape index (κ1) is 11.5. The van der Waals surface area contributed by atoms with Gasteiger partial charge in [0.25, 0.3) is 0 Å². The standard InChI is InChI=1S/C15H16N2S/c16-11-12-3-4-13-5-7-17(15(13)10-12)8-6-14-2-1-9-18-14/h1-5,7,9-10H,6,8,11,16H2. The number of fused-ring (bicyclic) bond motifs is 1. The predicted molar refractivity (Wildman–Crippen MR) is 77.9 cm³/mol. The Morgan fingerprint density at radius 2 is 2.11 bits per heavy atom. The van der Waals surface area contributed by atoms with Crippen molar-refractivity contribution in [3.8, 4) is 0 Å². The van der Waals surface area contributed by atoms with E-state index in [1.165, 1.54) is 21.3 Å². The highest BCUT2D eigenvalue weighted by molar-refractivity contribution is 7.09. The summed E-state index contributed by atoms with van der Waals surface area (Å²) in [5.74, 6) is 0. The third-order valence-electron chi connectivity index (χ3n) is 3.25.